The maximum absolute atomic E-state index is 11.8. The van der Waals surface area contributed by atoms with Gasteiger partial charge in [0.15, 0.2) is 6.61 Å². The summed E-state index contributed by atoms with van der Waals surface area (Å²) < 4.78 is 35.3. The van der Waals surface area contributed by atoms with Crippen LogP contribution in [-0.4, -0.2) is 18.8 Å². The highest BCUT2D eigenvalue weighted by Gasteiger charge is 2.30. The zero-order valence-electron chi connectivity index (χ0n) is 9.16. The Morgan fingerprint density at radius 2 is 1.80 bits per heavy atom. The van der Waals surface area contributed by atoms with Gasteiger partial charge in [-0.05, 0) is 31.1 Å². The van der Waals surface area contributed by atoms with Crippen LogP contribution >= 0.6 is 0 Å². The van der Waals surface area contributed by atoms with E-state index in [1.54, 1.807) is 0 Å². The van der Waals surface area contributed by atoms with Gasteiger partial charge in [-0.3, -0.25) is 4.84 Å². The number of halogens is 3. The molecule has 1 N–H and O–H groups in total. The summed E-state index contributed by atoms with van der Waals surface area (Å²) in [5.41, 5.74) is 2.82. The molecule has 0 bridgehead atoms. The molecule has 90 valence electrons. The van der Waals surface area contributed by atoms with Crippen molar-refractivity contribution in [2.45, 2.75) is 51.7 Å². The maximum atomic E-state index is 11.8. The Labute approximate surface area is 88.1 Å². The molecule has 2 nitrogen and oxygen atoms in total. The van der Waals surface area contributed by atoms with E-state index < -0.39 is 12.8 Å². The van der Waals surface area contributed by atoms with Crippen LogP contribution in [0.4, 0.5) is 13.2 Å². The first-order chi connectivity index (χ1) is 6.79. The number of hydroxylamine groups is 1. The van der Waals surface area contributed by atoms with E-state index in [9.17, 15) is 13.2 Å². The van der Waals surface area contributed by atoms with Gasteiger partial charge in [-0.1, -0.05) is 13.8 Å². The molecule has 5 heteroatoms. The number of rotatable bonds is 3. The predicted octanol–water partition coefficient (Wildman–Crippen LogP) is 3.04. The Balaban J connectivity index is 2.14. The average molecular weight is 225 g/mol. The Kier molecular flexibility index (Phi) is 4.00. The topological polar surface area (TPSA) is 21.3 Å². The smallest absolute Gasteiger partial charge is 0.292 e. The second kappa shape index (κ2) is 4.70. The number of alkyl halides is 3. The standard InChI is InChI=1S/C10H18F3NO/c1-9(2)5-3-8(4-6-9)14-15-7-10(11,12)13/h8,14H,3-7H2,1-2H3. The van der Waals surface area contributed by atoms with Gasteiger partial charge in [0.25, 0.3) is 0 Å². The van der Waals surface area contributed by atoms with E-state index in [1.807, 2.05) is 0 Å². The zero-order chi connectivity index (χ0) is 11.5. The Morgan fingerprint density at radius 3 is 2.27 bits per heavy atom. The van der Waals surface area contributed by atoms with E-state index in [-0.39, 0.29) is 6.04 Å². The van der Waals surface area contributed by atoms with E-state index in [2.05, 4.69) is 24.2 Å². The molecule has 1 saturated carbocycles. The highest BCUT2D eigenvalue weighted by atomic mass is 19.4. The van der Waals surface area contributed by atoms with Crippen LogP contribution in [0.15, 0.2) is 0 Å². The van der Waals surface area contributed by atoms with Crippen LogP contribution in [0, 0.1) is 5.41 Å². The second-order valence-electron chi connectivity index (χ2n) is 4.96. The molecule has 1 fully saturated rings. The third-order valence-corrected chi connectivity index (χ3v) is 2.82. The molecule has 0 aromatic carbocycles. The van der Waals surface area contributed by atoms with Crippen molar-refractivity contribution < 1.29 is 18.0 Å². The number of nitrogens with one attached hydrogen (secondary N) is 1. The molecular formula is C10H18F3NO. The van der Waals surface area contributed by atoms with Crippen molar-refractivity contribution in [3.05, 3.63) is 0 Å². The van der Waals surface area contributed by atoms with E-state index in [4.69, 9.17) is 0 Å². The molecule has 1 aliphatic carbocycles. The first kappa shape index (κ1) is 12.8. The summed E-state index contributed by atoms with van der Waals surface area (Å²) in [6.45, 7) is 3.15. The molecule has 0 atom stereocenters. The minimum absolute atomic E-state index is 0.0698. The summed E-state index contributed by atoms with van der Waals surface area (Å²) in [5.74, 6) is 0. The van der Waals surface area contributed by atoms with Gasteiger partial charge in [0.05, 0.1) is 0 Å². The van der Waals surface area contributed by atoms with Crippen molar-refractivity contribution in [3.63, 3.8) is 0 Å². The molecule has 1 aliphatic rings. The van der Waals surface area contributed by atoms with E-state index in [0.29, 0.717) is 5.41 Å². The van der Waals surface area contributed by atoms with Crippen LogP contribution in [0.1, 0.15) is 39.5 Å². The van der Waals surface area contributed by atoms with Crippen LogP contribution in [-0.2, 0) is 4.84 Å². The predicted molar refractivity (Wildman–Crippen MR) is 51.2 cm³/mol. The summed E-state index contributed by atoms with van der Waals surface area (Å²) in [5, 5.41) is 0. The molecule has 15 heavy (non-hydrogen) atoms. The lowest BCUT2D eigenvalue weighted by Gasteiger charge is -2.34. The highest BCUT2D eigenvalue weighted by molar-refractivity contribution is 4.80. The lowest BCUT2D eigenvalue weighted by molar-refractivity contribution is -0.194. The van der Waals surface area contributed by atoms with Gasteiger partial charge in [-0.2, -0.15) is 18.7 Å². The second-order valence-corrected chi connectivity index (χ2v) is 4.96. The molecule has 0 heterocycles. The maximum Gasteiger partial charge on any atom is 0.413 e. The van der Waals surface area contributed by atoms with Crippen molar-refractivity contribution in [1.29, 1.82) is 0 Å². The summed E-state index contributed by atoms with van der Waals surface area (Å²) in [4.78, 5) is 4.43. The molecule has 0 radical (unpaired) electrons. The Hall–Kier alpha value is -0.290. The van der Waals surface area contributed by atoms with Crippen molar-refractivity contribution in [1.82, 2.24) is 5.48 Å². The molecular weight excluding hydrogens is 207 g/mol. The van der Waals surface area contributed by atoms with Gasteiger partial charge in [0, 0.05) is 6.04 Å². The van der Waals surface area contributed by atoms with Crippen LogP contribution < -0.4 is 5.48 Å². The van der Waals surface area contributed by atoms with Crippen molar-refractivity contribution in [2.75, 3.05) is 6.61 Å². The number of hydrogen-bond donors (Lipinski definition) is 1. The highest BCUT2D eigenvalue weighted by Crippen LogP contribution is 2.34. The first-order valence-electron chi connectivity index (χ1n) is 5.23. The molecule has 0 aromatic rings. The summed E-state index contributed by atoms with van der Waals surface area (Å²) in [7, 11) is 0. The largest absolute Gasteiger partial charge is 0.413 e. The van der Waals surface area contributed by atoms with Gasteiger partial charge >= 0.3 is 6.18 Å². The number of hydrogen-bond acceptors (Lipinski definition) is 2. The Morgan fingerprint density at radius 1 is 1.27 bits per heavy atom. The van der Waals surface area contributed by atoms with Gasteiger partial charge < -0.3 is 0 Å². The third kappa shape index (κ3) is 5.37. The van der Waals surface area contributed by atoms with Gasteiger partial charge in [-0.15, -0.1) is 0 Å². The lowest BCUT2D eigenvalue weighted by atomic mass is 9.76. The summed E-state index contributed by atoms with van der Waals surface area (Å²) in [6.07, 6.45) is -0.434. The fraction of sp³-hybridized carbons (Fsp3) is 1.00. The van der Waals surface area contributed by atoms with E-state index >= 15 is 0 Å². The van der Waals surface area contributed by atoms with Crippen LogP contribution in [0.2, 0.25) is 0 Å². The van der Waals surface area contributed by atoms with Gasteiger partial charge in [0.1, 0.15) is 0 Å². The molecule has 0 saturated heterocycles. The minimum Gasteiger partial charge on any atom is -0.292 e. The molecule has 0 aliphatic heterocycles. The van der Waals surface area contributed by atoms with Gasteiger partial charge in [0.2, 0.25) is 0 Å². The summed E-state index contributed by atoms with van der Waals surface area (Å²) in [6, 6.07) is 0.0698. The fourth-order valence-electron chi connectivity index (χ4n) is 1.76. The molecule has 0 unspecified atom stereocenters. The normalized spacial score (nSPS) is 23.0. The average Bonchev–Trinajstić information content (AvgIpc) is 2.06. The lowest BCUT2D eigenvalue weighted by Crippen LogP contribution is -2.37. The Bertz CT molecular complexity index is 193. The molecule has 0 spiro atoms. The van der Waals surface area contributed by atoms with Gasteiger partial charge in [-0.25, -0.2) is 0 Å². The minimum atomic E-state index is -4.25. The van der Waals surface area contributed by atoms with Crippen LogP contribution in [0.25, 0.3) is 0 Å². The quantitative estimate of drug-likeness (QED) is 0.745. The van der Waals surface area contributed by atoms with Crippen molar-refractivity contribution in [2.24, 2.45) is 5.41 Å². The molecule has 0 aromatic heterocycles. The van der Waals surface area contributed by atoms with E-state index in [1.165, 1.54) is 0 Å². The molecule has 1 rings (SSSR count). The van der Waals surface area contributed by atoms with E-state index in [0.717, 1.165) is 25.7 Å². The SMILES string of the molecule is CC1(C)CCC(NOCC(F)(F)F)CC1. The molecule has 0 amide bonds. The zero-order valence-corrected chi connectivity index (χ0v) is 9.16. The van der Waals surface area contributed by atoms with Crippen molar-refractivity contribution in [3.8, 4) is 0 Å². The van der Waals surface area contributed by atoms with Crippen LogP contribution in [0.3, 0.4) is 0 Å². The first-order valence-corrected chi connectivity index (χ1v) is 5.23. The fourth-order valence-corrected chi connectivity index (χ4v) is 1.76. The van der Waals surface area contributed by atoms with Crippen LogP contribution in [0.5, 0.6) is 0 Å². The van der Waals surface area contributed by atoms with Crippen molar-refractivity contribution >= 4 is 0 Å². The summed E-state index contributed by atoms with van der Waals surface area (Å²) >= 11 is 0. The monoisotopic (exact) mass is 225 g/mol. The third-order valence-electron chi connectivity index (χ3n) is 2.82.